The largest absolute Gasteiger partial charge is 0.481 e. The van der Waals surface area contributed by atoms with Gasteiger partial charge in [-0.3, -0.25) is 4.79 Å². The van der Waals surface area contributed by atoms with Crippen LogP contribution in [0.2, 0.25) is 0 Å². The highest BCUT2D eigenvalue weighted by molar-refractivity contribution is 7.79. The van der Waals surface area contributed by atoms with Crippen LogP contribution in [0, 0.1) is 39.9 Å². The molecule has 0 radical (unpaired) electrons. The summed E-state index contributed by atoms with van der Waals surface area (Å²) in [4.78, 5) is 12.3. The third-order valence-electron chi connectivity index (χ3n) is 8.49. The minimum Gasteiger partial charge on any atom is -0.481 e. The second kappa shape index (κ2) is 10.2. The van der Waals surface area contributed by atoms with Crippen molar-refractivity contribution in [3.8, 4) is 0 Å². The van der Waals surface area contributed by atoms with Crippen LogP contribution < -0.4 is 0 Å². The molecule has 28 heavy (non-hydrogen) atoms. The number of rotatable bonds is 2. The Hall–Kier alpha value is -0.180. The van der Waals surface area contributed by atoms with Crippen LogP contribution in [0.15, 0.2) is 0 Å². The summed E-state index contributed by atoms with van der Waals surface area (Å²) in [6.45, 7) is 16.5. The topological polar surface area (TPSA) is 37.3 Å². The number of carboxylic acid groups (broad SMARTS) is 1. The SMILES string of the molecule is CC1CC(C)(C2(C)CCCCCCC2)CC(C(=O)O)C(C)C1C(C)(C)C.CS. The maximum Gasteiger partial charge on any atom is 0.306 e. The quantitative estimate of drug-likeness (QED) is 0.360. The Kier molecular flexibility index (Phi) is 9.44. The Labute approximate surface area is 181 Å². The zero-order valence-corrected chi connectivity index (χ0v) is 20.9. The van der Waals surface area contributed by atoms with Crippen molar-refractivity contribution in [3.63, 3.8) is 0 Å². The molecule has 1 N–H and O–H groups in total. The predicted molar refractivity (Wildman–Crippen MR) is 125 cm³/mol. The van der Waals surface area contributed by atoms with Crippen molar-refractivity contribution >= 4 is 18.6 Å². The van der Waals surface area contributed by atoms with Crippen LogP contribution in [0.4, 0.5) is 0 Å². The molecule has 3 heteroatoms. The molecule has 2 aliphatic rings. The van der Waals surface area contributed by atoms with Crippen LogP contribution in [-0.2, 0) is 4.79 Å². The fourth-order valence-corrected chi connectivity index (χ4v) is 7.10. The second-order valence-electron chi connectivity index (χ2n) is 11.5. The van der Waals surface area contributed by atoms with E-state index >= 15 is 0 Å². The van der Waals surface area contributed by atoms with Crippen LogP contribution >= 0.6 is 12.6 Å². The number of carbonyl (C=O) groups is 1. The van der Waals surface area contributed by atoms with E-state index in [1.807, 2.05) is 0 Å². The Bertz CT molecular complexity index is 487. The lowest BCUT2D eigenvalue weighted by Crippen LogP contribution is -2.41. The molecule has 0 aromatic heterocycles. The third kappa shape index (κ3) is 5.70. The molecule has 2 rings (SSSR count). The molecular formula is C25H48O2S. The van der Waals surface area contributed by atoms with Gasteiger partial charge in [0.2, 0.25) is 0 Å². The molecule has 0 saturated heterocycles. The van der Waals surface area contributed by atoms with Crippen molar-refractivity contribution < 1.29 is 9.90 Å². The minimum absolute atomic E-state index is 0.126. The highest BCUT2D eigenvalue weighted by Gasteiger charge is 2.53. The van der Waals surface area contributed by atoms with Crippen molar-refractivity contribution in [2.75, 3.05) is 6.26 Å². The first-order valence-corrected chi connectivity index (χ1v) is 12.5. The van der Waals surface area contributed by atoms with Gasteiger partial charge in [0.25, 0.3) is 0 Å². The summed E-state index contributed by atoms with van der Waals surface area (Å²) >= 11 is 3.53. The molecule has 2 nitrogen and oxygen atoms in total. The van der Waals surface area contributed by atoms with Crippen molar-refractivity contribution in [2.24, 2.45) is 39.9 Å². The fraction of sp³-hybridized carbons (Fsp3) is 0.960. The van der Waals surface area contributed by atoms with E-state index in [0.717, 1.165) is 6.42 Å². The molecule has 0 bridgehead atoms. The van der Waals surface area contributed by atoms with Crippen LogP contribution in [0.1, 0.15) is 106 Å². The maximum absolute atomic E-state index is 12.3. The van der Waals surface area contributed by atoms with E-state index in [1.54, 1.807) is 6.26 Å². The van der Waals surface area contributed by atoms with Gasteiger partial charge in [0.15, 0.2) is 0 Å². The average Bonchev–Trinajstić information content (AvgIpc) is 2.66. The highest BCUT2D eigenvalue weighted by Crippen LogP contribution is 2.60. The molecule has 2 saturated carbocycles. The number of aliphatic carboxylic acids is 1. The Morgan fingerprint density at radius 3 is 1.79 bits per heavy atom. The van der Waals surface area contributed by atoms with E-state index in [1.165, 1.54) is 51.4 Å². The van der Waals surface area contributed by atoms with Crippen molar-refractivity contribution in [1.29, 1.82) is 0 Å². The number of thiol groups is 1. The first kappa shape index (κ1) is 25.9. The minimum atomic E-state index is -0.568. The van der Waals surface area contributed by atoms with Crippen molar-refractivity contribution in [1.82, 2.24) is 0 Å². The standard InChI is InChI=1S/C24H44O2.CH4S/c1-17-15-24(7,23(6)13-11-9-8-10-12-14-23)16-19(21(25)26)18(2)20(17)22(3,4)5;1-2/h17-20H,8-16H2,1-7H3,(H,25,26);2H,1H3. The predicted octanol–water partition coefficient (Wildman–Crippen LogP) is 7.72. The van der Waals surface area contributed by atoms with Gasteiger partial charge < -0.3 is 5.11 Å². The lowest BCUT2D eigenvalue weighted by atomic mass is 9.55. The van der Waals surface area contributed by atoms with E-state index in [2.05, 4.69) is 61.1 Å². The number of hydrogen-bond acceptors (Lipinski definition) is 2. The van der Waals surface area contributed by atoms with Gasteiger partial charge in [-0.2, -0.15) is 12.6 Å². The normalized spacial score (nSPS) is 36.9. The molecular weight excluding hydrogens is 364 g/mol. The van der Waals surface area contributed by atoms with E-state index < -0.39 is 5.97 Å². The molecule has 2 fully saturated rings. The Balaban J connectivity index is 0.00000190. The van der Waals surface area contributed by atoms with E-state index in [-0.39, 0.29) is 28.1 Å². The van der Waals surface area contributed by atoms with Crippen LogP contribution in [-0.4, -0.2) is 17.3 Å². The van der Waals surface area contributed by atoms with E-state index in [4.69, 9.17) is 0 Å². The molecule has 0 heterocycles. The molecule has 5 unspecified atom stereocenters. The van der Waals surface area contributed by atoms with Crippen LogP contribution in [0.3, 0.4) is 0 Å². The molecule has 5 atom stereocenters. The first-order chi connectivity index (χ1) is 12.9. The van der Waals surface area contributed by atoms with Gasteiger partial charge in [0, 0.05) is 0 Å². The molecule has 0 amide bonds. The summed E-state index contributed by atoms with van der Waals surface area (Å²) in [6, 6.07) is 0. The molecule has 2 aliphatic carbocycles. The van der Waals surface area contributed by atoms with E-state index in [9.17, 15) is 9.90 Å². The zero-order chi connectivity index (χ0) is 21.8. The Morgan fingerprint density at radius 2 is 1.36 bits per heavy atom. The Morgan fingerprint density at radius 1 is 0.893 bits per heavy atom. The summed E-state index contributed by atoms with van der Waals surface area (Å²) in [5.74, 6) is 0.489. The van der Waals surface area contributed by atoms with Crippen molar-refractivity contribution in [3.05, 3.63) is 0 Å². The third-order valence-corrected chi connectivity index (χ3v) is 8.49. The zero-order valence-electron chi connectivity index (χ0n) is 20.0. The van der Waals surface area contributed by atoms with Gasteiger partial charge in [-0.15, -0.1) is 0 Å². The average molecular weight is 413 g/mol. The monoisotopic (exact) mass is 412 g/mol. The molecule has 0 aliphatic heterocycles. The smallest absolute Gasteiger partial charge is 0.306 e. The van der Waals surface area contributed by atoms with E-state index in [0.29, 0.717) is 11.8 Å². The number of hydrogen-bond donors (Lipinski definition) is 2. The van der Waals surface area contributed by atoms with Crippen molar-refractivity contribution in [2.45, 2.75) is 106 Å². The molecule has 0 aromatic rings. The molecule has 0 aromatic carbocycles. The summed E-state index contributed by atoms with van der Waals surface area (Å²) in [5, 5.41) is 10.1. The van der Waals surface area contributed by atoms with Gasteiger partial charge in [-0.1, -0.05) is 80.6 Å². The van der Waals surface area contributed by atoms with Gasteiger partial charge in [-0.25, -0.2) is 0 Å². The summed E-state index contributed by atoms with van der Waals surface area (Å²) < 4.78 is 0. The summed E-state index contributed by atoms with van der Waals surface area (Å²) in [7, 11) is 0. The van der Waals surface area contributed by atoms with Gasteiger partial charge >= 0.3 is 5.97 Å². The summed E-state index contributed by atoms with van der Waals surface area (Å²) in [6.07, 6.45) is 13.0. The highest BCUT2D eigenvalue weighted by atomic mass is 32.1. The molecule has 166 valence electrons. The second-order valence-corrected chi connectivity index (χ2v) is 11.5. The lowest BCUT2D eigenvalue weighted by Gasteiger charge is -2.50. The van der Waals surface area contributed by atoms with Gasteiger partial charge in [0.05, 0.1) is 5.92 Å². The lowest BCUT2D eigenvalue weighted by molar-refractivity contribution is -0.146. The van der Waals surface area contributed by atoms with Gasteiger partial charge in [0.1, 0.15) is 0 Å². The maximum atomic E-state index is 12.3. The first-order valence-electron chi connectivity index (χ1n) is 11.6. The fourth-order valence-electron chi connectivity index (χ4n) is 7.10. The van der Waals surface area contributed by atoms with Gasteiger partial charge in [-0.05, 0) is 65.9 Å². The summed E-state index contributed by atoms with van der Waals surface area (Å²) in [5.41, 5.74) is 0.558. The molecule has 0 spiro atoms. The van der Waals surface area contributed by atoms with Crippen LogP contribution in [0.5, 0.6) is 0 Å². The number of carboxylic acids is 1. The van der Waals surface area contributed by atoms with Crippen LogP contribution in [0.25, 0.3) is 0 Å².